The van der Waals surface area contributed by atoms with Crippen LogP contribution in [-0.2, 0) is 9.53 Å². The van der Waals surface area contributed by atoms with Crippen molar-refractivity contribution in [1.29, 1.82) is 0 Å². The van der Waals surface area contributed by atoms with Gasteiger partial charge in [0.1, 0.15) is 0 Å². The Morgan fingerprint density at radius 2 is 2.06 bits per heavy atom. The lowest BCUT2D eigenvalue weighted by Crippen LogP contribution is -2.39. The minimum Gasteiger partial charge on any atom is -0.502 e. The third-order valence-corrected chi connectivity index (χ3v) is 7.70. The second-order valence-corrected chi connectivity index (χ2v) is 10.5. The van der Waals surface area contributed by atoms with Crippen molar-refractivity contribution in [3.63, 3.8) is 0 Å². The fraction of sp³-hybridized carbons (Fsp3) is 0.208. The molecule has 0 radical (unpaired) electrons. The van der Waals surface area contributed by atoms with Gasteiger partial charge in [0, 0.05) is 21.0 Å². The van der Waals surface area contributed by atoms with Crippen LogP contribution in [0.1, 0.15) is 31.0 Å². The molecule has 1 N–H and O–H groups in total. The van der Waals surface area contributed by atoms with Crippen LogP contribution in [0.3, 0.4) is 0 Å². The van der Waals surface area contributed by atoms with E-state index in [0.29, 0.717) is 20.5 Å². The Morgan fingerprint density at radius 1 is 1.36 bits per heavy atom. The van der Waals surface area contributed by atoms with Crippen LogP contribution in [0.25, 0.3) is 6.08 Å². The number of nitro benzene ring substituents is 1. The molecule has 0 saturated carbocycles. The van der Waals surface area contributed by atoms with E-state index in [-0.39, 0.29) is 22.3 Å². The number of carbonyl (C=O) groups is 1. The van der Waals surface area contributed by atoms with Crippen LogP contribution in [0.15, 0.2) is 66.8 Å². The van der Waals surface area contributed by atoms with Crippen LogP contribution in [0.5, 0.6) is 5.75 Å². The average molecular weight is 590 g/mol. The molecule has 0 fully saturated rings. The molecule has 1 aliphatic rings. The average Bonchev–Trinajstić information content (AvgIpc) is 3.14. The van der Waals surface area contributed by atoms with Crippen molar-refractivity contribution < 1.29 is 19.6 Å². The summed E-state index contributed by atoms with van der Waals surface area (Å²) < 4.78 is 7.28. The van der Waals surface area contributed by atoms with Gasteiger partial charge in [-0.15, -0.1) is 11.8 Å². The zero-order valence-corrected chi connectivity index (χ0v) is 22.6. The smallest absolute Gasteiger partial charge is 0.338 e. The number of rotatable bonds is 6. The van der Waals surface area contributed by atoms with E-state index in [1.54, 1.807) is 25.6 Å². The Hall–Kier alpha value is -3.22. The maximum atomic E-state index is 13.6. The fourth-order valence-electron chi connectivity index (χ4n) is 3.89. The number of benzene rings is 2. The molecule has 3 aromatic rings. The predicted molar refractivity (Wildman–Crippen MR) is 141 cm³/mol. The summed E-state index contributed by atoms with van der Waals surface area (Å²) in [5.74, 6) is -1.12. The van der Waals surface area contributed by atoms with E-state index < -0.39 is 33.9 Å². The van der Waals surface area contributed by atoms with Crippen molar-refractivity contribution in [2.75, 3.05) is 12.9 Å². The molecule has 2 aromatic carbocycles. The highest BCUT2D eigenvalue weighted by Crippen LogP contribution is 2.34. The number of esters is 1. The van der Waals surface area contributed by atoms with Gasteiger partial charge in [-0.1, -0.05) is 39.4 Å². The van der Waals surface area contributed by atoms with E-state index in [1.807, 2.05) is 30.5 Å². The fourth-order valence-corrected chi connectivity index (χ4v) is 5.80. The number of nitro groups is 1. The number of aromatic nitrogens is 1. The molecule has 186 valence electrons. The monoisotopic (exact) mass is 589 g/mol. The summed E-state index contributed by atoms with van der Waals surface area (Å²) >= 11 is 5.84. The number of halogens is 1. The molecule has 0 aliphatic carbocycles. The topological polar surface area (TPSA) is 124 Å². The Balaban J connectivity index is 1.97. The van der Waals surface area contributed by atoms with Gasteiger partial charge in [-0.05, 0) is 49.9 Å². The normalized spacial score (nSPS) is 15.4. The number of hydrogen-bond acceptors (Lipinski definition) is 9. The zero-order chi connectivity index (χ0) is 26.1. The standard InChI is InChI=1S/C24H20BrN3O6S2/c1-4-34-23(31)19-12(2)26-24-27(20(19)13-5-7-16(35-3)8-6-13)22(30)18(36-24)10-14-9-15(25)11-17(21(14)29)28(32)33/h5-11,20,29H,4H2,1-3H3. The highest BCUT2D eigenvalue weighted by molar-refractivity contribution is 9.10. The van der Waals surface area contributed by atoms with E-state index in [1.165, 1.54) is 22.8 Å². The molecule has 2 heterocycles. The van der Waals surface area contributed by atoms with E-state index in [9.17, 15) is 24.8 Å². The van der Waals surface area contributed by atoms with E-state index >= 15 is 0 Å². The molecule has 9 nitrogen and oxygen atoms in total. The third kappa shape index (κ3) is 4.75. The second kappa shape index (κ2) is 10.4. The predicted octanol–water partition coefficient (Wildman–Crippen LogP) is 3.90. The molecule has 0 spiro atoms. The lowest BCUT2D eigenvalue weighted by molar-refractivity contribution is -0.385. The van der Waals surface area contributed by atoms with Crippen LogP contribution < -0.4 is 14.9 Å². The number of ether oxygens (including phenoxy) is 1. The molecule has 12 heteroatoms. The SMILES string of the molecule is CCOC(=O)C1=C(C)N=c2sc(=Cc3cc(Br)cc([N+](=O)[O-])c3O)c(=O)n2C1c1ccc(SC)cc1. The second-order valence-electron chi connectivity index (χ2n) is 7.70. The maximum Gasteiger partial charge on any atom is 0.338 e. The lowest BCUT2D eigenvalue weighted by atomic mass is 9.96. The molecule has 4 rings (SSSR count). The summed E-state index contributed by atoms with van der Waals surface area (Å²) in [7, 11) is 0. The molecule has 1 aliphatic heterocycles. The van der Waals surface area contributed by atoms with Gasteiger partial charge < -0.3 is 9.84 Å². The minimum atomic E-state index is -0.774. The van der Waals surface area contributed by atoms with Crippen molar-refractivity contribution in [3.8, 4) is 5.75 Å². The molecule has 0 saturated heterocycles. The van der Waals surface area contributed by atoms with Gasteiger partial charge in [-0.2, -0.15) is 0 Å². The Morgan fingerprint density at radius 3 is 2.67 bits per heavy atom. The minimum absolute atomic E-state index is 0.101. The van der Waals surface area contributed by atoms with Gasteiger partial charge in [-0.3, -0.25) is 19.5 Å². The third-order valence-electron chi connectivity index (χ3n) is 5.52. The summed E-state index contributed by atoms with van der Waals surface area (Å²) in [6.45, 7) is 3.56. The Bertz CT molecular complexity index is 1590. The summed E-state index contributed by atoms with van der Waals surface area (Å²) in [5, 5.41) is 21.8. The van der Waals surface area contributed by atoms with Crippen molar-refractivity contribution >= 4 is 56.8 Å². The number of phenolic OH excluding ortho intramolecular Hbond substituents is 1. The number of carbonyl (C=O) groups excluding carboxylic acids is 1. The number of phenols is 1. The molecular formula is C24H20BrN3O6S2. The van der Waals surface area contributed by atoms with Crippen LogP contribution in [0.2, 0.25) is 0 Å². The van der Waals surface area contributed by atoms with Crippen LogP contribution in [0.4, 0.5) is 5.69 Å². The first-order valence-electron chi connectivity index (χ1n) is 10.7. The van der Waals surface area contributed by atoms with Gasteiger partial charge >= 0.3 is 11.7 Å². The summed E-state index contributed by atoms with van der Waals surface area (Å²) in [4.78, 5) is 43.1. The molecule has 36 heavy (non-hydrogen) atoms. The van der Waals surface area contributed by atoms with Crippen molar-refractivity contribution in [2.45, 2.75) is 24.8 Å². The first kappa shape index (κ1) is 25.9. The van der Waals surface area contributed by atoms with Crippen molar-refractivity contribution in [1.82, 2.24) is 4.57 Å². The lowest BCUT2D eigenvalue weighted by Gasteiger charge is -2.24. The molecule has 0 bridgehead atoms. The quantitative estimate of drug-likeness (QED) is 0.200. The first-order chi connectivity index (χ1) is 17.2. The molecule has 1 atom stereocenters. The number of thioether (sulfide) groups is 1. The van der Waals surface area contributed by atoms with Gasteiger partial charge in [0.25, 0.3) is 5.56 Å². The van der Waals surface area contributed by atoms with Gasteiger partial charge in [0.15, 0.2) is 4.80 Å². The highest BCUT2D eigenvalue weighted by Gasteiger charge is 2.33. The molecular weight excluding hydrogens is 570 g/mol. The van der Waals surface area contributed by atoms with Crippen LogP contribution >= 0.6 is 39.0 Å². The molecule has 1 unspecified atom stereocenters. The number of nitrogens with zero attached hydrogens (tertiary/aromatic N) is 3. The summed E-state index contributed by atoms with van der Waals surface area (Å²) in [6, 6.07) is 9.42. The zero-order valence-electron chi connectivity index (χ0n) is 19.4. The van der Waals surface area contributed by atoms with Gasteiger partial charge in [0.05, 0.1) is 33.4 Å². The number of aromatic hydroxyl groups is 1. The number of hydrogen-bond donors (Lipinski definition) is 1. The van der Waals surface area contributed by atoms with Crippen LogP contribution in [0, 0.1) is 10.1 Å². The van der Waals surface area contributed by atoms with Gasteiger partial charge in [0.2, 0.25) is 5.75 Å². The van der Waals surface area contributed by atoms with Crippen molar-refractivity contribution in [2.24, 2.45) is 4.99 Å². The number of thiazole rings is 1. The van der Waals surface area contributed by atoms with Crippen LogP contribution in [-0.4, -0.2) is 33.4 Å². The van der Waals surface area contributed by atoms with E-state index in [4.69, 9.17) is 4.74 Å². The largest absolute Gasteiger partial charge is 0.502 e. The summed E-state index contributed by atoms with van der Waals surface area (Å²) in [5.41, 5.74) is 0.557. The van der Waals surface area contributed by atoms with Crippen molar-refractivity contribution in [3.05, 3.63) is 93.1 Å². The molecule has 1 aromatic heterocycles. The van der Waals surface area contributed by atoms with E-state index in [2.05, 4.69) is 20.9 Å². The van der Waals surface area contributed by atoms with Gasteiger partial charge in [-0.25, -0.2) is 9.79 Å². The number of fused-ring (bicyclic) bond motifs is 1. The first-order valence-corrected chi connectivity index (χ1v) is 13.5. The Labute approximate surface area is 221 Å². The summed E-state index contributed by atoms with van der Waals surface area (Å²) in [6.07, 6.45) is 3.34. The van der Waals surface area contributed by atoms with E-state index in [0.717, 1.165) is 16.2 Å². The highest BCUT2D eigenvalue weighted by atomic mass is 79.9. The maximum absolute atomic E-state index is 13.6. The Kier molecular flexibility index (Phi) is 7.48. The number of allylic oxidation sites excluding steroid dienone is 1. The molecule has 0 amide bonds.